The number of aromatic nitrogens is 2. The monoisotopic (exact) mass is 403 g/mol. The first kappa shape index (κ1) is 19.8. The van der Waals surface area contributed by atoms with Gasteiger partial charge in [-0.2, -0.15) is 5.10 Å². The van der Waals surface area contributed by atoms with Crippen molar-refractivity contribution >= 4 is 11.8 Å². The first-order chi connectivity index (χ1) is 14.7. The number of nitrogens with one attached hydrogen (secondary N) is 1. The minimum Gasteiger partial charge on any atom is -0.358 e. The van der Waals surface area contributed by atoms with Gasteiger partial charge in [0, 0.05) is 45.0 Å². The molecule has 0 aliphatic carbocycles. The number of piperazine rings is 1. The van der Waals surface area contributed by atoms with E-state index in [4.69, 9.17) is 5.10 Å². The highest BCUT2D eigenvalue weighted by Crippen LogP contribution is 2.25. The number of likely N-dealkylation sites (N-methyl/N-ethyl adjacent to an activating group) is 1. The smallest absolute Gasteiger partial charge is 0.257 e. The number of hydrogen-bond acceptors (Lipinski definition) is 4. The van der Waals surface area contributed by atoms with E-state index in [1.807, 2.05) is 71.8 Å². The highest BCUT2D eigenvalue weighted by atomic mass is 16.2. The summed E-state index contributed by atoms with van der Waals surface area (Å²) >= 11 is 0. The number of rotatable bonds is 5. The first-order valence-electron chi connectivity index (χ1n) is 10.1. The largest absolute Gasteiger partial charge is 0.358 e. The predicted octanol–water partition coefficient (Wildman–Crippen LogP) is 2.04. The molecule has 0 bridgehead atoms. The Morgan fingerprint density at radius 3 is 2.20 bits per heavy atom. The number of para-hydroxylation sites is 1. The summed E-state index contributed by atoms with van der Waals surface area (Å²) in [5, 5.41) is 7.38. The van der Waals surface area contributed by atoms with Crippen molar-refractivity contribution in [1.29, 1.82) is 0 Å². The van der Waals surface area contributed by atoms with Gasteiger partial charge in [-0.15, -0.1) is 0 Å². The molecule has 0 saturated carbocycles. The molecular formula is C23H25N5O2. The Balaban J connectivity index is 1.59. The maximum Gasteiger partial charge on any atom is 0.257 e. The third-order valence-electron chi connectivity index (χ3n) is 5.32. The number of benzene rings is 2. The molecule has 1 aliphatic rings. The van der Waals surface area contributed by atoms with E-state index in [0.717, 1.165) is 11.3 Å². The van der Waals surface area contributed by atoms with Crippen molar-refractivity contribution < 1.29 is 9.59 Å². The summed E-state index contributed by atoms with van der Waals surface area (Å²) in [7, 11) is 1.64. The summed E-state index contributed by atoms with van der Waals surface area (Å²) in [6.45, 7) is 2.88. The SMILES string of the molecule is CNC(=O)CN1CCN(C(=O)c2cn(-c3ccccc3)nc2-c2ccccc2)CC1. The molecule has 4 rings (SSSR count). The zero-order valence-corrected chi connectivity index (χ0v) is 17.0. The average Bonchev–Trinajstić information content (AvgIpc) is 3.26. The Morgan fingerprint density at radius 2 is 1.57 bits per heavy atom. The Labute approximate surface area is 175 Å². The third-order valence-corrected chi connectivity index (χ3v) is 5.32. The minimum absolute atomic E-state index is 0.00900. The van der Waals surface area contributed by atoms with Crippen molar-refractivity contribution in [2.45, 2.75) is 0 Å². The van der Waals surface area contributed by atoms with Gasteiger partial charge in [-0.3, -0.25) is 14.5 Å². The van der Waals surface area contributed by atoms with Crippen LogP contribution in [0.3, 0.4) is 0 Å². The summed E-state index contributed by atoms with van der Waals surface area (Å²) in [4.78, 5) is 28.9. The van der Waals surface area contributed by atoms with Gasteiger partial charge in [0.15, 0.2) is 0 Å². The molecule has 2 amide bonds. The van der Waals surface area contributed by atoms with Crippen molar-refractivity contribution in [1.82, 2.24) is 24.9 Å². The molecule has 0 radical (unpaired) electrons. The first-order valence-corrected chi connectivity index (χ1v) is 10.1. The normalized spacial score (nSPS) is 14.5. The van der Waals surface area contributed by atoms with E-state index in [1.165, 1.54) is 0 Å². The van der Waals surface area contributed by atoms with Crippen LogP contribution in [0.15, 0.2) is 66.9 Å². The van der Waals surface area contributed by atoms with Crippen LogP contribution >= 0.6 is 0 Å². The Hall–Kier alpha value is -3.45. The van der Waals surface area contributed by atoms with Crippen LogP contribution in [0.1, 0.15) is 10.4 Å². The Bertz CT molecular complexity index is 1010. The van der Waals surface area contributed by atoms with Gasteiger partial charge in [0.05, 0.1) is 17.8 Å². The molecule has 0 unspecified atom stereocenters. The summed E-state index contributed by atoms with van der Waals surface area (Å²) in [6.07, 6.45) is 1.82. The molecule has 30 heavy (non-hydrogen) atoms. The number of nitrogens with zero attached hydrogens (tertiary/aromatic N) is 4. The van der Waals surface area contributed by atoms with Gasteiger partial charge in [0.25, 0.3) is 5.91 Å². The lowest BCUT2D eigenvalue weighted by Crippen LogP contribution is -2.50. The summed E-state index contributed by atoms with van der Waals surface area (Å²) in [5.41, 5.74) is 3.08. The maximum atomic E-state index is 13.4. The standard InChI is InChI=1S/C23H25N5O2/c1-24-21(29)17-26-12-14-27(15-13-26)23(30)20-16-28(19-10-6-3-7-11-19)25-22(20)18-8-4-2-5-9-18/h2-11,16H,12-15,17H2,1H3,(H,24,29). The second-order valence-electron chi connectivity index (χ2n) is 7.28. The van der Waals surface area contributed by atoms with E-state index in [1.54, 1.807) is 11.7 Å². The second kappa shape index (κ2) is 8.92. The fourth-order valence-electron chi connectivity index (χ4n) is 3.61. The van der Waals surface area contributed by atoms with Gasteiger partial charge >= 0.3 is 0 Å². The zero-order valence-electron chi connectivity index (χ0n) is 17.0. The molecule has 7 heteroatoms. The van der Waals surface area contributed by atoms with Crippen molar-refractivity contribution in [2.75, 3.05) is 39.8 Å². The average molecular weight is 403 g/mol. The summed E-state index contributed by atoms with van der Waals surface area (Å²) in [6, 6.07) is 19.6. The van der Waals surface area contributed by atoms with E-state index in [9.17, 15) is 9.59 Å². The van der Waals surface area contributed by atoms with Crippen molar-refractivity contribution in [2.24, 2.45) is 0 Å². The fraction of sp³-hybridized carbons (Fsp3) is 0.261. The molecule has 1 saturated heterocycles. The third kappa shape index (κ3) is 4.26. The number of carbonyl (C=O) groups is 2. The zero-order chi connectivity index (χ0) is 20.9. The van der Waals surface area contributed by atoms with Gasteiger partial charge < -0.3 is 10.2 Å². The van der Waals surface area contributed by atoms with E-state index in [0.29, 0.717) is 44.0 Å². The summed E-state index contributed by atoms with van der Waals surface area (Å²) < 4.78 is 1.76. The summed E-state index contributed by atoms with van der Waals surface area (Å²) in [5.74, 6) is -0.0408. The topological polar surface area (TPSA) is 70.5 Å². The lowest BCUT2D eigenvalue weighted by atomic mass is 10.1. The molecule has 1 N–H and O–H groups in total. The van der Waals surface area contributed by atoms with Crippen LogP contribution in [0.4, 0.5) is 0 Å². The van der Waals surface area contributed by atoms with Crippen LogP contribution in [0, 0.1) is 0 Å². The van der Waals surface area contributed by atoms with Crippen LogP contribution in [0.25, 0.3) is 16.9 Å². The molecule has 1 aromatic heterocycles. The fourth-order valence-corrected chi connectivity index (χ4v) is 3.61. The molecule has 0 atom stereocenters. The van der Waals surface area contributed by atoms with Gasteiger partial charge in [0.2, 0.25) is 5.91 Å². The van der Waals surface area contributed by atoms with Gasteiger partial charge in [0.1, 0.15) is 5.69 Å². The minimum atomic E-state index is -0.0318. The van der Waals surface area contributed by atoms with Crippen LogP contribution in [-0.4, -0.2) is 71.2 Å². The van der Waals surface area contributed by atoms with Crippen LogP contribution in [0.2, 0.25) is 0 Å². The molecule has 154 valence electrons. The highest BCUT2D eigenvalue weighted by molar-refractivity contribution is 6.00. The number of carbonyl (C=O) groups excluding carboxylic acids is 2. The second-order valence-corrected chi connectivity index (χ2v) is 7.28. The number of amides is 2. The molecule has 1 aliphatic heterocycles. The van der Waals surface area contributed by atoms with Crippen molar-refractivity contribution in [3.05, 3.63) is 72.4 Å². The number of hydrogen-bond donors (Lipinski definition) is 1. The van der Waals surface area contributed by atoms with E-state index in [2.05, 4.69) is 10.2 Å². The lowest BCUT2D eigenvalue weighted by Gasteiger charge is -2.34. The van der Waals surface area contributed by atoms with Crippen LogP contribution < -0.4 is 5.32 Å². The Kier molecular flexibility index (Phi) is 5.90. The van der Waals surface area contributed by atoms with E-state index < -0.39 is 0 Å². The predicted molar refractivity (Wildman–Crippen MR) is 115 cm³/mol. The molecule has 0 spiro atoms. The van der Waals surface area contributed by atoms with Crippen LogP contribution in [0.5, 0.6) is 0 Å². The van der Waals surface area contributed by atoms with Gasteiger partial charge in [-0.05, 0) is 12.1 Å². The van der Waals surface area contributed by atoms with E-state index >= 15 is 0 Å². The molecule has 1 fully saturated rings. The lowest BCUT2D eigenvalue weighted by molar-refractivity contribution is -0.122. The van der Waals surface area contributed by atoms with Gasteiger partial charge in [-0.1, -0.05) is 48.5 Å². The van der Waals surface area contributed by atoms with Crippen molar-refractivity contribution in [3.63, 3.8) is 0 Å². The van der Waals surface area contributed by atoms with Gasteiger partial charge in [-0.25, -0.2) is 4.68 Å². The molecule has 2 heterocycles. The van der Waals surface area contributed by atoms with E-state index in [-0.39, 0.29) is 11.8 Å². The van der Waals surface area contributed by atoms with Crippen LogP contribution in [-0.2, 0) is 4.79 Å². The maximum absolute atomic E-state index is 13.4. The highest BCUT2D eigenvalue weighted by Gasteiger charge is 2.27. The Morgan fingerprint density at radius 1 is 0.933 bits per heavy atom. The quantitative estimate of drug-likeness (QED) is 0.708. The van der Waals surface area contributed by atoms with Crippen molar-refractivity contribution in [3.8, 4) is 16.9 Å². The molecule has 3 aromatic rings. The molecular weight excluding hydrogens is 378 g/mol. The molecule has 7 nitrogen and oxygen atoms in total. The molecule has 2 aromatic carbocycles.